The molecule has 0 saturated carbocycles. The van der Waals surface area contributed by atoms with Gasteiger partial charge in [-0.3, -0.25) is 4.79 Å². The summed E-state index contributed by atoms with van der Waals surface area (Å²) in [5, 5.41) is 10.6. The third kappa shape index (κ3) is 5.55. The fourth-order valence-electron chi connectivity index (χ4n) is 1.45. The molecule has 0 unspecified atom stereocenters. The standard InChI is InChI=1S/C13H12F3NO3/c1-8-2-4-10(6-9(8)3-5-12(19)20)17-11(18)7-13(14,15)16/h2-6H,7H2,1H3,(H,17,18)(H,19,20). The van der Waals surface area contributed by atoms with Gasteiger partial charge in [-0.2, -0.15) is 13.2 Å². The van der Waals surface area contributed by atoms with Crippen LogP contribution in [0.25, 0.3) is 6.08 Å². The Hall–Kier alpha value is -2.31. The van der Waals surface area contributed by atoms with Crippen molar-refractivity contribution in [2.45, 2.75) is 19.5 Å². The van der Waals surface area contributed by atoms with Crippen LogP contribution in [-0.4, -0.2) is 23.2 Å². The molecule has 1 amide bonds. The zero-order chi connectivity index (χ0) is 15.3. The van der Waals surface area contributed by atoms with Crippen LogP contribution in [0.1, 0.15) is 17.5 Å². The van der Waals surface area contributed by atoms with Crippen molar-refractivity contribution in [3.63, 3.8) is 0 Å². The summed E-state index contributed by atoms with van der Waals surface area (Å²) in [7, 11) is 0. The molecule has 0 saturated heterocycles. The molecule has 7 heteroatoms. The lowest BCUT2D eigenvalue weighted by Gasteiger charge is -2.09. The molecule has 1 aromatic carbocycles. The number of halogens is 3. The van der Waals surface area contributed by atoms with Crippen LogP contribution in [-0.2, 0) is 9.59 Å². The maximum absolute atomic E-state index is 12.0. The number of aryl methyl sites for hydroxylation is 1. The Balaban J connectivity index is 2.85. The number of hydrogen-bond acceptors (Lipinski definition) is 2. The van der Waals surface area contributed by atoms with E-state index in [0.29, 0.717) is 5.56 Å². The molecule has 0 fully saturated rings. The summed E-state index contributed by atoms with van der Waals surface area (Å²) >= 11 is 0. The van der Waals surface area contributed by atoms with Gasteiger partial charge in [0.1, 0.15) is 6.42 Å². The number of carbonyl (C=O) groups is 2. The van der Waals surface area contributed by atoms with Gasteiger partial charge in [0.25, 0.3) is 0 Å². The molecular formula is C13H12F3NO3. The van der Waals surface area contributed by atoms with Gasteiger partial charge >= 0.3 is 12.1 Å². The molecule has 1 aromatic rings. The Morgan fingerprint density at radius 1 is 1.35 bits per heavy atom. The van der Waals surface area contributed by atoms with Crippen molar-refractivity contribution in [1.82, 2.24) is 0 Å². The summed E-state index contributed by atoms with van der Waals surface area (Å²) in [6.45, 7) is 1.71. The summed E-state index contributed by atoms with van der Waals surface area (Å²) in [4.78, 5) is 21.6. The molecule has 0 aliphatic rings. The van der Waals surface area contributed by atoms with Crippen LogP contribution in [0.2, 0.25) is 0 Å². The van der Waals surface area contributed by atoms with Gasteiger partial charge in [0.2, 0.25) is 5.91 Å². The number of nitrogens with one attached hydrogen (secondary N) is 1. The van der Waals surface area contributed by atoms with E-state index in [4.69, 9.17) is 5.11 Å². The van der Waals surface area contributed by atoms with E-state index >= 15 is 0 Å². The molecule has 0 atom stereocenters. The first-order chi connectivity index (χ1) is 9.17. The molecule has 0 heterocycles. The molecule has 108 valence electrons. The highest BCUT2D eigenvalue weighted by Crippen LogP contribution is 2.21. The van der Waals surface area contributed by atoms with E-state index in [-0.39, 0.29) is 5.69 Å². The topological polar surface area (TPSA) is 66.4 Å². The van der Waals surface area contributed by atoms with Gasteiger partial charge in [0, 0.05) is 11.8 Å². The van der Waals surface area contributed by atoms with Gasteiger partial charge < -0.3 is 10.4 Å². The Bertz CT molecular complexity index is 550. The Morgan fingerprint density at radius 2 is 2.00 bits per heavy atom. The summed E-state index contributed by atoms with van der Waals surface area (Å²) in [5.74, 6) is -2.31. The summed E-state index contributed by atoms with van der Waals surface area (Å²) in [6, 6.07) is 4.43. The van der Waals surface area contributed by atoms with Crippen molar-refractivity contribution in [2.24, 2.45) is 0 Å². The second-order valence-corrected chi connectivity index (χ2v) is 4.08. The van der Waals surface area contributed by atoms with Crippen LogP contribution in [0, 0.1) is 6.92 Å². The van der Waals surface area contributed by atoms with Crippen LogP contribution in [0.5, 0.6) is 0 Å². The van der Waals surface area contributed by atoms with Crippen LogP contribution in [0.4, 0.5) is 18.9 Å². The maximum Gasteiger partial charge on any atom is 0.397 e. The number of anilines is 1. The minimum atomic E-state index is -4.57. The SMILES string of the molecule is Cc1ccc(NC(=O)CC(F)(F)F)cc1C=CC(=O)O. The van der Waals surface area contributed by atoms with E-state index < -0.39 is 24.5 Å². The van der Waals surface area contributed by atoms with Gasteiger partial charge in [-0.05, 0) is 36.3 Å². The molecule has 0 spiro atoms. The lowest BCUT2D eigenvalue weighted by Crippen LogP contribution is -2.21. The quantitative estimate of drug-likeness (QED) is 0.837. The van der Waals surface area contributed by atoms with Gasteiger partial charge in [-0.25, -0.2) is 4.79 Å². The number of carboxylic acids is 1. The highest BCUT2D eigenvalue weighted by atomic mass is 19.4. The fourth-order valence-corrected chi connectivity index (χ4v) is 1.45. The van der Waals surface area contributed by atoms with Crippen molar-refractivity contribution >= 4 is 23.6 Å². The van der Waals surface area contributed by atoms with Crippen molar-refractivity contribution in [3.05, 3.63) is 35.4 Å². The highest BCUT2D eigenvalue weighted by molar-refractivity contribution is 5.92. The Morgan fingerprint density at radius 3 is 2.55 bits per heavy atom. The van der Waals surface area contributed by atoms with Crippen molar-refractivity contribution < 1.29 is 27.9 Å². The van der Waals surface area contributed by atoms with Gasteiger partial charge in [-0.15, -0.1) is 0 Å². The van der Waals surface area contributed by atoms with E-state index in [2.05, 4.69) is 5.32 Å². The van der Waals surface area contributed by atoms with Crippen LogP contribution >= 0.6 is 0 Å². The fraction of sp³-hybridized carbons (Fsp3) is 0.231. The van der Waals surface area contributed by atoms with E-state index in [1.54, 1.807) is 13.0 Å². The molecule has 4 nitrogen and oxygen atoms in total. The first-order valence-electron chi connectivity index (χ1n) is 5.55. The Labute approximate surface area is 112 Å². The first-order valence-corrected chi connectivity index (χ1v) is 5.55. The summed E-state index contributed by atoms with van der Waals surface area (Å²) in [6.07, 6.45) is -3.93. The number of amides is 1. The van der Waals surface area contributed by atoms with E-state index in [1.165, 1.54) is 18.2 Å². The lowest BCUT2D eigenvalue weighted by atomic mass is 10.1. The van der Waals surface area contributed by atoms with Gasteiger partial charge in [0.05, 0.1) is 0 Å². The van der Waals surface area contributed by atoms with Gasteiger partial charge in [0.15, 0.2) is 0 Å². The van der Waals surface area contributed by atoms with Crippen molar-refractivity contribution in [1.29, 1.82) is 0 Å². The molecule has 2 N–H and O–H groups in total. The van der Waals surface area contributed by atoms with Gasteiger partial charge in [-0.1, -0.05) is 6.07 Å². The largest absolute Gasteiger partial charge is 0.478 e. The second-order valence-electron chi connectivity index (χ2n) is 4.08. The normalized spacial score (nSPS) is 11.6. The molecule has 0 bridgehead atoms. The predicted octanol–water partition coefficient (Wildman–Crippen LogP) is 2.98. The average molecular weight is 287 g/mol. The van der Waals surface area contributed by atoms with Crippen molar-refractivity contribution in [2.75, 3.05) is 5.32 Å². The van der Waals surface area contributed by atoms with E-state index in [0.717, 1.165) is 11.6 Å². The predicted molar refractivity (Wildman–Crippen MR) is 67.2 cm³/mol. The minimum absolute atomic E-state index is 0.176. The number of hydrogen-bond donors (Lipinski definition) is 2. The second kappa shape index (κ2) is 6.23. The molecule has 0 aliphatic carbocycles. The summed E-state index contributed by atoms with van der Waals surface area (Å²) < 4.78 is 36.1. The molecular weight excluding hydrogens is 275 g/mol. The molecule has 1 rings (SSSR count). The van der Waals surface area contributed by atoms with Crippen LogP contribution < -0.4 is 5.32 Å². The molecule has 0 radical (unpaired) electrons. The zero-order valence-corrected chi connectivity index (χ0v) is 10.5. The average Bonchev–Trinajstić information content (AvgIpc) is 2.27. The van der Waals surface area contributed by atoms with Crippen molar-refractivity contribution in [3.8, 4) is 0 Å². The van der Waals surface area contributed by atoms with Crippen LogP contribution in [0.15, 0.2) is 24.3 Å². The molecule has 20 heavy (non-hydrogen) atoms. The molecule has 0 aromatic heterocycles. The Kier molecular flexibility index (Phi) is 4.90. The van der Waals surface area contributed by atoms with E-state index in [9.17, 15) is 22.8 Å². The highest BCUT2D eigenvalue weighted by Gasteiger charge is 2.31. The number of rotatable bonds is 4. The monoisotopic (exact) mass is 287 g/mol. The summed E-state index contributed by atoms with van der Waals surface area (Å²) in [5.41, 5.74) is 1.41. The number of alkyl halides is 3. The minimum Gasteiger partial charge on any atom is -0.478 e. The number of carbonyl (C=O) groups excluding carboxylic acids is 1. The van der Waals surface area contributed by atoms with Crippen LogP contribution in [0.3, 0.4) is 0 Å². The smallest absolute Gasteiger partial charge is 0.397 e. The number of aliphatic carboxylic acids is 1. The third-order valence-corrected chi connectivity index (χ3v) is 2.33. The number of benzene rings is 1. The lowest BCUT2D eigenvalue weighted by molar-refractivity contribution is -0.150. The first kappa shape index (κ1) is 15.7. The van der Waals surface area contributed by atoms with E-state index in [1.807, 2.05) is 0 Å². The third-order valence-electron chi connectivity index (χ3n) is 2.33. The molecule has 0 aliphatic heterocycles. The number of carboxylic acid groups (broad SMARTS) is 1. The zero-order valence-electron chi connectivity index (χ0n) is 10.5. The maximum atomic E-state index is 12.0.